The van der Waals surface area contributed by atoms with Crippen molar-refractivity contribution in [2.24, 2.45) is 0 Å². The van der Waals surface area contributed by atoms with Crippen molar-refractivity contribution < 1.29 is 15.4 Å². The van der Waals surface area contributed by atoms with E-state index in [4.69, 9.17) is 0 Å². The number of hydrogen-bond acceptors (Lipinski definition) is 4. The molecule has 1 aromatic heterocycles. The zero-order chi connectivity index (χ0) is 21.8. The molecule has 0 radical (unpaired) electrons. The van der Waals surface area contributed by atoms with E-state index in [1.807, 2.05) is 11.9 Å². The number of benzene rings is 1. The van der Waals surface area contributed by atoms with Gasteiger partial charge in [-0.05, 0) is 42.4 Å². The summed E-state index contributed by atoms with van der Waals surface area (Å²) in [5.41, 5.74) is 6.45. The average Bonchev–Trinajstić information content (AvgIpc) is 2.75. The predicted octanol–water partition coefficient (Wildman–Crippen LogP) is 2.74. The third-order valence-corrected chi connectivity index (χ3v) is 5.76. The highest BCUT2D eigenvalue weighted by molar-refractivity contribution is 5.95. The second-order valence-corrected chi connectivity index (χ2v) is 7.97. The van der Waals surface area contributed by atoms with Crippen LogP contribution in [0.2, 0.25) is 0 Å². The molecule has 1 aliphatic heterocycles. The van der Waals surface area contributed by atoms with Crippen LogP contribution >= 0.6 is 0 Å². The Kier molecular flexibility index (Phi) is 6.26. The Balaban J connectivity index is 0.00000289. The molecule has 2 heterocycles. The summed E-state index contributed by atoms with van der Waals surface area (Å²) in [5, 5.41) is 2.99. The third-order valence-electron chi connectivity index (χ3n) is 5.76. The average molecular weight is 423 g/mol. The van der Waals surface area contributed by atoms with Gasteiger partial charge < -0.3 is 15.1 Å². The molecule has 1 aliphatic carbocycles. The molecule has 7 heteroatoms. The Labute approximate surface area is 182 Å². The molecule has 162 valence electrons. The number of amides is 2. The van der Waals surface area contributed by atoms with Crippen LogP contribution in [-0.2, 0) is 4.79 Å². The van der Waals surface area contributed by atoms with Gasteiger partial charge in [0.1, 0.15) is 5.82 Å². The molecule has 1 unspecified atom stereocenters. The first kappa shape index (κ1) is 21.0. The smallest absolute Gasteiger partial charge is 0.253 e. The Hall–Kier alpha value is -3.28. The van der Waals surface area contributed by atoms with Gasteiger partial charge in [-0.3, -0.25) is 14.6 Å². The number of hydrogen-bond donors (Lipinski definition) is 1. The Morgan fingerprint density at radius 1 is 1.19 bits per heavy atom. The fourth-order valence-corrected chi connectivity index (χ4v) is 3.76. The van der Waals surface area contributed by atoms with Gasteiger partial charge in [-0.1, -0.05) is 12.1 Å². The van der Waals surface area contributed by atoms with E-state index >= 15 is 0 Å². The molecule has 1 N–H and O–H groups in total. The lowest BCUT2D eigenvalue weighted by Crippen LogP contribution is -2.49. The number of carbonyl (C=O) groups is 2. The lowest BCUT2D eigenvalue weighted by atomic mass is 9.85. The quantitative estimate of drug-likeness (QED) is 0.727. The van der Waals surface area contributed by atoms with E-state index in [0.29, 0.717) is 25.1 Å². The van der Waals surface area contributed by atoms with Gasteiger partial charge in [0, 0.05) is 52.0 Å². The number of halogens is 1. The van der Waals surface area contributed by atoms with Gasteiger partial charge in [-0.25, -0.2) is 4.39 Å². The summed E-state index contributed by atoms with van der Waals surface area (Å²) >= 11 is 0. The molecule has 6 nitrogen and oxygen atoms in total. The van der Waals surface area contributed by atoms with Gasteiger partial charge in [-0.15, -0.1) is 5.73 Å². The van der Waals surface area contributed by atoms with Crippen LogP contribution in [0.1, 0.15) is 30.2 Å². The van der Waals surface area contributed by atoms with Crippen LogP contribution in [-0.4, -0.2) is 65.9 Å². The van der Waals surface area contributed by atoms with Gasteiger partial charge >= 0.3 is 0 Å². The number of nitrogens with one attached hydrogen (secondary N) is 1. The number of piperazine rings is 1. The maximum absolute atomic E-state index is 13.2. The SMILES string of the molecule is CN1CCN(C(=O)CC(NC(=O)c2cccnc2)C2=C=C(c3ccc(F)cc3)C2)CC1.[HH]. The van der Waals surface area contributed by atoms with Crippen molar-refractivity contribution in [1.29, 1.82) is 0 Å². The minimum absolute atomic E-state index is 0. The summed E-state index contributed by atoms with van der Waals surface area (Å²) in [4.78, 5) is 33.7. The molecule has 0 bridgehead atoms. The molecule has 2 amide bonds. The molecule has 4 rings (SSSR count). The van der Waals surface area contributed by atoms with Gasteiger partial charge in [0.05, 0.1) is 18.0 Å². The fourth-order valence-electron chi connectivity index (χ4n) is 3.76. The lowest BCUT2D eigenvalue weighted by Gasteiger charge is -2.34. The first-order valence-corrected chi connectivity index (χ1v) is 10.4. The summed E-state index contributed by atoms with van der Waals surface area (Å²) in [5.74, 6) is -0.532. The van der Waals surface area contributed by atoms with Crippen molar-refractivity contribution >= 4 is 17.4 Å². The van der Waals surface area contributed by atoms with Crippen molar-refractivity contribution in [2.45, 2.75) is 18.9 Å². The first-order chi connectivity index (χ1) is 15.0. The highest BCUT2D eigenvalue weighted by Gasteiger charge is 2.29. The van der Waals surface area contributed by atoms with Crippen LogP contribution in [0.25, 0.3) is 5.57 Å². The summed E-state index contributed by atoms with van der Waals surface area (Å²) in [6.45, 7) is 3.06. The predicted molar refractivity (Wildman–Crippen MR) is 118 cm³/mol. The number of nitrogens with zero attached hydrogens (tertiary/aromatic N) is 3. The Morgan fingerprint density at radius 2 is 1.90 bits per heavy atom. The van der Waals surface area contributed by atoms with E-state index in [9.17, 15) is 14.0 Å². The molecule has 31 heavy (non-hydrogen) atoms. The van der Waals surface area contributed by atoms with E-state index in [-0.39, 0.29) is 25.5 Å². The molecule has 1 aromatic carbocycles. The molecular formula is C24H27FN4O2. The highest BCUT2D eigenvalue weighted by Crippen LogP contribution is 2.32. The number of pyridine rings is 1. The topological polar surface area (TPSA) is 65.5 Å². The van der Waals surface area contributed by atoms with E-state index in [2.05, 4.69) is 20.9 Å². The van der Waals surface area contributed by atoms with Crippen LogP contribution in [0, 0.1) is 5.82 Å². The maximum Gasteiger partial charge on any atom is 0.253 e. The molecule has 1 fully saturated rings. The summed E-state index contributed by atoms with van der Waals surface area (Å²) < 4.78 is 13.2. The van der Waals surface area contributed by atoms with E-state index in [1.165, 1.54) is 18.3 Å². The third kappa shape index (κ3) is 5.08. The van der Waals surface area contributed by atoms with Gasteiger partial charge in [0.15, 0.2) is 0 Å². The Bertz CT molecular complexity index is 1030. The minimum Gasteiger partial charge on any atom is -0.344 e. The molecule has 1 atom stereocenters. The molecule has 0 saturated carbocycles. The van der Waals surface area contributed by atoms with Crippen LogP contribution < -0.4 is 5.32 Å². The zero-order valence-corrected chi connectivity index (χ0v) is 17.5. The maximum atomic E-state index is 13.2. The summed E-state index contributed by atoms with van der Waals surface area (Å²) in [7, 11) is 2.04. The van der Waals surface area contributed by atoms with Crippen molar-refractivity contribution in [3.05, 3.63) is 77.0 Å². The van der Waals surface area contributed by atoms with Crippen LogP contribution in [0.4, 0.5) is 4.39 Å². The van der Waals surface area contributed by atoms with Gasteiger partial charge in [-0.2, -0.15) is 0 Å². The fraction of sp³-hybridized carbons (Fsp3) is 0.333. The molecule has 2 aromatic rings. The summed E-state index contributed by atoms with van der Waals surface area (Å²) in [6, 6.07) is 9.22. The number of likely N-dealkylation sites (N-methyl/N-ethyl adjacent to an activating group) is 1. The van der Waals surface area contributed by atoms with E-state index in [1.54, 1.807) is 30.5 Å². The van der Waals surface area contributed by atoms with Crippen molar-refractivity contribution in [3.8, 4) is 0 Å². The second kappa shape index (κ2) is 9.25. The van der Waals surface area contributed by atoms with Crippen molar-refractivity contribution in [1.82, 2.24) is 20.1 Å². The van der Waals surface area contributed by atoms with Crippen LogP contribution in [0.15, 0.2) is 60.1 Å². The number of carbonyl (C=O) groups excluding carboxylic acids is 2. The molecule has 2 aliphatic rings. The highest BCUT2D eigenvalue weighted by atomic mass is 19.1. The van der Waals surface area contributed by atoms with Crippen molar-refractivity contribution in [2.75, 3.05) is 33.2 Å². The van der Waals surface area contributed by atoms with E-state index < -0.39 is 6.04 Å². The Morgan fingerprint density at radius 3 is 2.55 bits per heavy atom. The number of aromatic nitrogens is 1. The molecular weight excluding hydrogens is 395 g/mol. The van der Waals surface area contributed by atoms with E-state index in [0.717, 1.165) is 29.8 Å². The lowest BCUT2D eigenvalue weighted by molar-refractivity contribution is -0.133. The monoisotopic (exact) mass is 422 g/mol. The van der Waals surface area contributed by atoms with Crippen molar-refractivity contribution in [3.63, 3.8) is 0 Å². The zero-order valence-electron chi connectivity index (χ0n) is 17.5. The second-order valence-electron chi connectivity index (χ2n) is 7.97. The number of rotatable bonds is 6. The molecule has 1 saturated heterocycles. The standard InChI is InChI=1S/C24H25FN4O2.H2/c1-28-9-11-29(12-10-28)23(30)15-22(27-24(31)18-3-2-8-26-16-18)20-13-19(14-20)17-4-6-21(25)7-5-17;/h2-8,16,22H,9-13,15H2,1H3,(H,27,31);1H. The largest absolute Gasteiger partial charge is 0.344 e. The summed E-state index contributed by atoms with van der Waals surface area (Å²) in [6.07, 6.45) is 3.90. The molecule has 0 spiro atoms. The first-order valence-electron chi connectivity index (χ1n) is 10.4. The van der Waals surface area contributed by atoms with Gasteiger partial charge in [0.2, 0.25) is 5.91 Å². The van der Waals surface area contributed by atoms with Crippen LogP contribution in [0.5, 0.6) is 0 Å². The van der Waals surface area contributed by atoms with Gasteiger partial charge in [0.25, 0.3) is 5.91 Å². The normalized spacial score (nSPS) is 17.3. The van der Waals surface area contributed by atoms with Crippen LogP contribution in [0.3, 0.4) is 0 Å². The minimum atomic E-state index is -0.441.